The van der Waals surface area contributed by atoms with Gasteiger partial charge in [0, 0.05) is 12.6 Å². The summed E-state index contributed by atoms with van der Waals surface area (Å²) >= 11 is 0. The van der Waals surface area contributed by atoms with E-state index >= 15 is 0 Å². The predicted octanol–water partition coefficient (Wildman–Crippen LogP) is 1.03. The lowest BCUT2D eigenvalue weighted by molar-refractivity contribution is 0.0902. The van der Waals surface area contributed by atoms with Crippen LogP contribution in [0.2, 0.25) is 0 Å². The maximum absolute atomic E-state index is 12.3. The minimum absolute atomic E-state index is 0.0266. The van der Waals surface area contributed by atoms with Gasteiger partial charge in [0.15, 0.2) is 0 Å². The van der Waals surface area contributed by atoms with Gasteiger partial charge in [-0.1, -0.05) is 12.1 Å². The van der Waals surface area contributed by atoms with E-state index in [0.717, 1.165) is 24.8 Å². The molecule has 1 aliphatic rings. The summed E-state index contributed by atoms with van der Waals surface area (Å²) in [6.45, 7) is 3.11. The number of hydrogen-bond donors (Lipinski definition) is 2. The van der Waals surface area contributed by atoms with E-state index in [1.807, 2.05) is 6.92 Å². The molecule has 0 bridgehead atoms. The quantitative estimate of drug-likeness (QED) is 0.822. The van der Waals surface area contributed by atoms with Crippen molar-refractivity contribution in [1.82, 2.24) is 4.72 Å². The van der Waals surface area contributed by atoms with Crippen molar-refractivity contribution >= 4 is 10.0 Å². The van der Waals surface area contributed by atoms with Crippen LogP contribution in [0.25, 0.3) is 0 Å². The lowest BCUT2D eigenvalue weighted by atomic mass is 10.1. The molecule has 1 fully saturated rings. The van der Waals surface area contributed by atoms with Gasteiger partial charge in [-0.15, -0.1) is 0 Å². The Balaban J connectivity index is 2.05. The Kier molecular flexibility index (Phi) is 5.15. The smallest absolute Gasteiger partial charge is 0.240 e. The van der Waals surface area contributed by atoms with Crippen molar-refractivity contribution in [3.8, 4) is 0 Å². The molecule has 0 radical (unpaired) electrons. The Hall–Kier alpha value is -0.950. The molecule has 1 aromatic carbocycles. The topological polar surface area (TPSA) is 81.4 Å². The fraction of sp³-hybridized carbons (Fsp3) is 0.571. The van der Waals surface area contributed by atoms with Crippen LogP contribution in [0.3, 0.4) is 0 Å². The van der Waals surface area contributed by atoms with Crippen LogP contribution < -0.4 is 10.5 Å². The van der Waals surface area contributed by atoms with Crippen LogP contribution in [0.15, 0.2) is 29.2 Å². The molecule has 0 spiro atoms. The van der Waals surface area contributed by atoms with E-state index in [-0.39, 0.29) is 17.0 Å². The Morgan fingerprint density at radius 1 is 1.40 bits per heavy atom. The number of ether oxygens (including phenoxy) is 1. The highest BCUT2D eigenvalue weighted by Gasteiger charge is 2.26. The van der Waals surface area contributed by atoms with Crippen LogP contribution in [0.4, 0.5) is 0 Å². The highest BCUT2D eigenvalue weighted by molar-refractivity contribution is 7.89. The standard InChI is InChI=1S/C14H22N2O3S/c1-11(14-3-2-10-19-14)16-20(17,18)13-6-4-12(5-7-13)8-9-15/h4-7,11,14,16H,2-3,8-10,15H2,1H3. The molecule has 1 aromatic rings. The first-order valence-corrected chi connectivity index (χ1v) is 8.44. The number of nitrogens with two attached hydrogens (primary N) is 1. The number of rotatable bonds is 6. The molecule has 0 aromatic heterocycles. The first-order chi connectivity index (χ1) is 9.53. The van der Waals surface area contributed by atoms with E-state index in [9.17, 15) is 8.42 Å². The average molecular weight is 298 g/mol. The number of benzene rings is 1. The van der Waals surface area contributed by atoms with Crippen LogP contribution in [0.1, 0.15) is 25.3 Å². The first kappa shape index (κ1) is 15.4. The minimum Gasteiger partial charge on any atom is -0.377 e. The molecule has 2 unspecified atom stereocenters. The monoisotopic (exact) mass is 298 g/mol. The summed E-state index contributed by atoms with van der Waals surface area (Å²) in [7, 11) is -3.49. The number of sulfonamides is 1. The van der Waals surface area contributed by atoms with Crippen molar-refractivity contribution in [2.45, 2.75) is 43.2 Å². The normalized spacial score (nSPS) is 21.0. The second-order valence-electron chi connectivity index (χ2n) is 5.14. The van der Waals surface area contributed by atoms with Crippen molar-refractivity contribution in [2.24, 2.45) is 5.73 Å². The average Bonchev–Trinajstić information content (AvgIpc) is 2.93. The Labute approximate surface area is 120 Å². The molecule has 2 atom stereocenters. The molecule has 5 nitrogen and oxygen atoms in total. The van der Waals surface area contributed by atoms with Gasteiger partial charge in [-0.25, -0.2) is 13.1 Å². The maximum Gasteiger partial charge on any atom is 0.240 e. The second kappa shape index (κ2) is 6.67. The summed E-state index contributed by atoms with van der Waals surface area (Å²) in [5, 5.41) is 0. The Bertz CT molecular complexity index is 522. The number of nitrogens with one attached hydrogen (secondary N) is 1. The van der Waals surface area contributed by atoms with Crippen LogP contribution in [0.5, 0.6) is 0 Å². The summed E-state index contributed by atoms with van der Waals surface area (Å²) in [5.74, 6) is 0. The van der Waals surface area contributed by atoms with Gasteiger partial charge >= 0.3 is 0 Å². The summed E-state index contributed by atoms with van der Waals surface area (Å²) in [5.41, 5.74) is 6.52. The van der Waals surface area contributed by atoms with Gasteiger partial charge in [0.1, 0.15) is 0 Å². The summed E-state index contributed by atoms with van der Waals surface area (Å²) in [4.78, 5) is 0.281. The van der Waals surface area contributed by atoms with Crippen molar-refractivity contribution in [2.75, 3.05) is 13.2 Å². The van der Waals surface area contributed by atoms with Crippen molar-refractivity contribution < 1.29 is 13.2 Å². The molecule has 6 heteroatoms. The van der Waals surface area contributed by atoms with Gasteiger partial charge in [-0.05, 0) is 50.4 Å². The fourth-order valence-corrected chi connectivity index (χ4v) is 3.66. The molecule has 20 heavy (non-hydrogen) atoms. The van der Waals surface area contributed by atoms with Gasteiger partial charge in [0.2, 0.25) is 10.0 Å². The van der Waals surface area contributed by atoms with E-state index < -0.39 is 10.0 Å². The van der Waals surface area contributed by atoms with E-state index in [2.05, 4.69) is 4.72 Å². The third-order valence-electron chi connectivity index (χ3n) is 3.53. The third-order valence-corrected chi connectivity index (χ3v) is 5.11. The molecule has 0 amide bonds. The van der Waals surface area contributed by atoms with Gasteiger partial charge in [-0.3, -0.25) is 0 Å². The molecule has 2 rings (SSSR count). The SMILES string of the molecule is CC(NS(=O)(=O)c1ccc(CCN)cc1)C1CCCO1. The van der Waals surface area contributed by atoms with Crippen LogP contribution in [-0.4, -0.2) is 33.7 Å². The fourth-order valence-electron chi connectivity index (χ4n) is 2.39. The maximum atomic E-state index is 12.3. The lowest BCUT2D eigenvalue weighted by Gasteiger charge is -2.20. The zero-order chi connectivity index (χ0) is 14.6. The lowest BCUT2D eigenvalue weighted by Crippen LogP contribution is -2.40. The van der Waals surface area contributed by atoms with Crippen LogP contribution in [0, 0.1) is 0 Å². The van der Waals surface area contributed by atoms with E-state index in [1.165, 1.54) is 0 Å². The Morgan fingerprint density at radius 3 is 2.65 bits per heavy atom. The largest absolute Gasteiger partial charge is 0.377 e. The molecule has 1 saturated heterocycles. The molecular weight excluding hydrogens is 276 g/mol. The molecule has 3 N–H and O–H groups in total. The van der Waals surface area contributed by atoms with Crippen molar-refractivity contribution in [3.05, 3.63) is 29.8 Å². The molecule has 1 heterocycles. The third kappa shape index (κ3) is 3.79. The number of hydrogen-bond acceptors (Lipinski definition) is 4. The second-order valence-corrected chi connectivity index (χ2v) is 6.86. The zero-order valence-corrected chi connectivity index (χ0v) is 12.5. The van der Waals surface area contributed by atoms with Crippen LogP contribution in [-0.2, 0) is 21.2 Å². The van der Waals surface area contributed by atoms with Gasteiger partial charge < -0.3 is 10.5 Å². The first-order valence-electron chi connectivity index (χ1n) is 6.96. The van der Waals surface area contributed by atoms with Gasteiger partial charge in [-0.2, -0.15) is 0 Å². The predicted molar refractivity (Wildman–Crippen MR) is 78.0 cm³/mol. The zero-order valence-electron chi connectivity index (χ0n) is 11.7. The Morgan fingerprint density at radius 2 is 2.10 bits per heavy atom. The summed E-state index contributed by atoms with van der Waals surface area (Å²) in [6.07, 6.45) is 2.62. The van der Waals surface area contributed by atoms with E-state index in [1.54, 1.807) is 24.3 Å². The van der Waals surface area contributed by atoms with Gasteiger partial charge in [0.05, 0.1) is 11.0 Å². The van der Waals surface area contributed by atoms with Crippen molar-refractivity contribution in [3.63, 3.8) is 0 Å². The van der Waals surface area contributed by atoms with Crippen molar-refractivity contribution in [1.29, 1.82) is 0 Å². The summed E-state index contributed by atoms with van der Waals surface area (Å²) < 4.78 is 32.7. The molecule has 1 aliphatic heterocycles. The van der Waals surface area contributed by atoms with Crippen LogP contribution >= 0.6 is 0 Å². The summed E-state index contributed by atoms with van der Waals surface area (Å²) in [6, 6.07) is 6.63. The van der Waals surface area contributed by atoms with E-state index in [4.69, 9.17) is 10.5 Å². The van der Waals surface area contributed by atoms with Gasteiger partial charge in [0.25, 0.3) is 0 Å². The molecule has 0 aliphatic carbocycles. The highest BCUT2D eigenvalue weighted by Crippen LogP contribution is 2.18. The molecule has 112 valence electrons. The highest BCUT2D eigenvalue weighted by atomic mass is 32.2. The van der Waals surface area contributed by atoms with E-state index in [0.29, 0.717) is 13.2 Å². The minimum atomic E-state index is -3.49. The molecule has 0 saturated carbocycles. The molecular formula is C14H22N2O3S.